The van der Waals surface area contributed by atoms with Crippen molar-refractivity contribution in [3.8, 4) is 0 Å². The van der Waals surface area contributed by atoms with Crippen molar-refractivity contribution in [2.45, 2.75) is 11.1 Å². The summed E-state index contributed by atoms with van der Waals surface area (Å²) in [4.78, 5) is 0. The van der Waals surface area contributed by atoms with Gasteiger partial charge in [0.05, 0.1) is 12.2 Å². The third kappa shape index (κ3) is 2.65. The van der Waals surface area contributed by atoms with Crippen molar-refractivity contribution in [1.29, 1.82) is 0 Å². The molecule has 2 aromatic rings. The average Bonchev–Trinajstić information content (AvgIpc) is 2.95. The Kier molecular flexibility index (Phi) is 4.22. The van der Waals surface area contributed by atoms with E-state index < -0.39 is 10.0 Å². The van der Waals surface area contributed by atoms with Gasteiger partial charge in [0, 0.05) is 31.7 Å². The van der Waals surface area contributed by atoms with E-state index in [0.717, 1.165) is 5.56 Å². The molecule has 8 heteroatoms. The van der Waals surface area contributed by atoms with Crippen molar-refractivity contribution >= 4 is 21.6 Å². The monoisotopic (exact) mass is 340 g/mol. The minimum atomic E-state index is -3.63. The molecule has 2 heterocycles. The maximum atomic E-state index is 13.0. The summed E-state index contributed by atoms with van der Waals surface area (Å²) in [5.74, 6) is 0. The van der Waals surface area contributed by atoms with Crippen molar-refractivity contribution in [1.82, 2.24) is 19.4 Å². The Morgan fingerprint density at radius 2 is 2.09 bits per heavy atom. The Morgan fingerprint density at radius 1 is 1.32 bits per heavy atom. The maximum Gasteiger partial charge on any atom is 0.260 e. The summed E-state index contributed by atoms with van der Waals surface area (Å²) in [6.45, 7) is 1.53. The van der Waals surface area contributed by atoms with Gasteiger partial charge in [-0.1, -0.05) is 29.8 Å². The highest BCUT2D eigenvalue weighted by Crippen LogP contribution is 2.32. The lowest BCUT2D eigenvalue weighted by Crippen LogP contribution is -2.49. The number of benzene rings is 1. The lowest BCUT2D eigenvalue weighted by atomic mass is 10.1. The number of aryl methyl sites for hydroxylation is 1. The van der Waals surface area contributed by atoms with Crippen molar-refractivity contribution in [2.75, 3.05) is 19.6 Å². The van der Waals surface area contributed by atoms with Gasteiger partial charge in [-0.15, -0.1) is 0 Å². The topological polar surface area (TPSA) is 67.2 Å². The summed E-state index contributed by atoms with van der Waals surface area (Å²) in [6, 6.07) is 8.53. The molecule has 0 radical (unpaired) electrons. The predicted octanol–water partition coefficient (Wildman–Crippen LogP) is 1.41. The highest BCUT2D eigenvalue weighted by atomic mass is 35.5. The lowest BCUT2D eigenvalue weighted by molar-refractivity contribution is 0.270. The Labute approximate surface area is 134 Å². The van der Waals surface area contributed by atoms with E-state index in [2.05, 4.69) is 10.4 Å². The largest absolute Gasteiger partial charge is 0.313 e. The van der Waals surface area contributed by atoms with Gasteiger partial charge in [0.15, 0.2) is 5.03 Å². The third-order valence-corrected chi connectivity index (χ3v) is 6.14. The van der Waals surface area contributed by atoms with Gasteiger partial charge in [-0.05, 0) is 17.7 Å². The summed E-state index contributed by atoms with van der Waals surface area (Å²) in [5.41, 5.74) is 0.808. The number of piperazine rings is 1. The molecule has 118 valence electrons. The average molecular weight is 341 g/mol. The summed E-state index contributed by atoms with van der Waals surface area (Å²) in [7, 11) is -2.00. The molecule has 1 saturated heterocycles. The normalized spacial score (nSPS) is 20.2. The van der Waals surface area contributed by atoms with E-state index in [9.17, 15) is 8.42 Å². The molecule has 6 nitrogen and oxygen atoms in total. The molecular weight excluding hydrogens is 324 g/mol. The molecule has 0 aliphatic carbocycles. The molecule has 22 heavy (non-hydrogen) atoms. The highest BCUT2D eigenvalue weighted by Gasteiger charge is 2.36. The summed E-state index contributed by atoms with van der Waals surface area (Å²) in [5, 5.41) is 7.95. The van der Waals surface area contributed by atoms with E-state index in [1.807, 2.05) is 18.2 Å². The van der Waals surface area contributed by atoms with Gasteiger partial charge in [0.25, 0.3) is 10.0 Å². The number of nitrogens with one attached hydrogen (secondary N) is 1. The van der Waals surface area contributed by atoms with Crippen molar-refractivity contribution in [2.24, 2.45) is 7.05 Å². The lowest BCUT2D eigenvalue weighted by Gasteiger charge is -2.35. The zero-order valence-electron chi connectivity index (χ0n) is 12.1. The minimum absolute atomic E-state index is 0.187. The molecule has 0 spiro atoms. The van der Waals surface area contributed by atoms with E-state index in [-0.39, 0.29) is 11.1 Å². The van der Waals surface area contributed by atoms with Crippen LogP contribution in [0.3, 0.4) is 0 Å². The maximum absolute atomic E-state index is 13.0. The molecule has 1 aromatic heterocycles. The van der Waals surface area contributed by atoms with Gasteiger partial charge in [0.2, 0.25) is 0 Å². The fourth-order valence-corrected chi connectivity index (χ4v) is 4.69. The van der Waals surface area contributed by atoms with Crippen LogP contribution in [0.1, 0.15) is 11.6 Å². The molecule has 1 fully saturated rings. The molecule has 3 rings (SSSR count). The van der Waals surface area contributed by atoms with Crippen molar-refractivity contribution in [3.05, 3.63) is 47.1 Å². The van der Waals surface area contributed by atoms with Crippen LogP contribution >= 0.6 is 11.6 Å². The summed E-state index contributed by atoms with van der Waals surface area (Å²) < 4.78 is 28.8. The first-order chi connectivity index (χ1) is 10.5. The van der Waals surface area contributed by atoms with Gasteiger partial charge in [0.1, 0.15) is 0 Å². The highest BCUT2D eigenvalue weighted by molar-refractivity contribution is 7.89. The molecule has 0 amide bonds. The second kappa shape index (κ2) is 6.00. The van der Waals surface area contributed by atoms with Gasteiger partial charge in [-0.2, -0.15) is 9.40 Å². The molecule has 1 aliphatic heterocycles. The van der Waals surface area contributed by atoms with Gasteiger partial charge in [-0.3, -0.25) is 4.68 Å². The molecule has 1 aromatic carbocycles. The van der Waals surface area contributed by atoms with Crippen LogP contribution in [-0.4, -0.2) is 42.1 Å². The van der Waals surface area contributed by atoms with E-state index in [1.165, 1.54) is 21.3 Å². The Hall–Kier alpha value is -1.41. The van der Waals surface area contributed by atoms with Crippen LogP contribution in [0.2, 0.25) is 5.02 Å². The molecule has 1 N–H and O–H groups in total. The van der Waals surface area contributed by atoms with Crippen LogP contribution in [0.5, 0.6) is 0 Å². The van der Waals surface area contributed by atoms with Crippen LogP contribution in [0.15, 0.2) is 41.6 Å². The van der Waals surface area contributed by atoms with E-state index in [1.54, 1.807) is 13.1 Å². The van der Waals surface area contributed by atoms with E-state index in [0.29, 0.717) is 24.7 Å². The third-order valence-electron chi connectivity index (χ3n) is 3.81. The SMILES string of the molecule is Cn1nccc1S(=O)(=O)N1CCNCC1c1ccccc1Cl. The van der Waals surface area contributed by atoms with Crippen LogP contribution in [0.25, 0.3) is 0 Å². The standard InChI is InChI=1S/C14H17ClN4O2S/c1-18-14(6-7-17-18)22(20,21)19-9-8-16-10-13(19)11-4-2-3-5-12(11)15/h2-7,13,16H,8-10H2,1H3. The molecule has 1 atom stereocenters. The fraction of sp³-hybridized carbons (Fsp3) is 0.357. The first-order valence-corrected chi connectivity index (χ1v) is 8.78. The quantitative estimate of drug-likeness (QED) is 0.917. The Bertz CT molecular complexity index is 775. The van der Waals surface area contributed by atoms with Crippen LogP contribution < -0.4 is 5.32 Å². The number of sulfonamides is 1. The Morgan fingerprint density at radius 3 is 2.77 bits per heavy atom. The summed E-state index contributed by atoms with van der Waals surface area (Å²) in [6.07, 6.45) is 1.49. The van der Waals surface area contributed by atoms with Crippen LogP contribution in [0, 0.1) is 0 Å². The summed E-state index contributed by atoms with van der Waals surface area (Å²) >= 11 is 6.26. The number of nitrogens with zero attached hydrogens (tertiary/aromatic N) is 3. The molecule has 1 aliphatic rings. The second-order valence-electron chi connectivity index (χ2n) is 5.15. The zero-order valence-corrected chi connectivity index (χ0v) is 13.7. The van der Waals surface area contributed by atoms with E-state index in [4.69, 9.17) is 11.6 Å². The minimum Gasteiger partial charge on any atom is -0.313 e. The first kappa shape index (κ1) is 15.5. The molecule has 0 saturated carbocycles. The van der Waals surface area contributed by atoms with Gasteiger partial charge < -0.3 is 5.32 Å². The predicted molar refractivity (Wildman–Crippen MR) is 84.2 cm³/mol. The van der Waals surface area contributed by atoms with Gasteiger partial charge >= 0.3 is 0 Å². The Balaban J connectivity index is 2.04. The van der Waals surface area contributed by atoms with Gasteiger partial charge in [-0.25, -0.2) is 8.42 Å². The number of hydrogen-bond donors (Lipinski definition) is 1. The number of rotatable bonds is 3. The fourth-order valence-electron chi connectivity index (χ4n) is 2.72. The van der Waals surface area contributed by atoms with Crippen molar-refractivity contribution < 1.29 is 8.42 Å². The van der Waals surface area contributed by atoms with Crippen LogP contribution in [0.4, 0.5) is 0 Å². The smallest absolute Gasteiger partial charge is 0.260 e. The second-order valence-corrected chi connectivity index (χ2v) is 7.39. The number of aromatic nitrogens is 2. The van der Waals surface area contributed by atoms with E-state index >= 15 is 0 Å². The molecular formula is C14H17ClN4O2S. The van der Waals surface area contributed by atoms with Crippen LogP contribution in [-0.2, 0) is 17.1 Å². The zero-order chi connectivity index (χ0) is 15.7. The number of hydrogen-bond acceptors (Lipinski definition) is 4. The molecule has 1 unspecified atom stereocenters. The first-order valence-electron chi connectivity index (χ1n) is 6.97. The molecule has 0 bridgehead atoms. The number of halogens is 1. The van der Waals surface area contributed by atoms with Crippen molar-refractivity contribution in [3.63, 3.8) is 0 Å².